The van der Waals surface area contributed by atoms with Crippen LogP contribution in [0.15, 0.2) is 42.7 Å². The van der Waals surface area contributed by atoms with E-state index in [4.69, 9.17) is 4.74 Å². The highest BCUT2D eigenvalue weighted by atomic mass is 16.5. The molecule has 0 spiro atoms. The molecule has 0 bridgehead atoms. The third-order valence-corrected chi connectivity index (χ3v) is 4.74. The zero-order valence-electron chi connectivity index (χ0n) is 14.8. The van der Waals surface area contributed by atoms with E-state index in [1.807, 2.05) is 37.3 Å². The monoisotopic (exact) mass is 339 g/mol. The van der Waals surface area contributed by atoms with Crippen LogP contribution in [0.4, 0.5) is 10.5 Å². The summed E-state index contributed by atoms with van der Waals surface area (Å²) < 4.78 is 5.60. The molecule has 132 valence electrons. The minimum Gasteiger partial charge on any atom is -0.379 e. The summed E-state index contributed by atoms with van der Waals surface area (Å²) in [4.78, 5) is 16.5. The molecule has 0 aliphatic carbocycles. The normalized spacial score (nSPS) is 19.6. The molecule has 0 saturated carbocycles. The number of aromatic nitrogens is 1. The Balaban J connectivity index is 1.62. The Hall–Kier alpha value is -2.40. The van der Waals surface area contributed by atoms with Crippen molar-refractivity contribution in [3.05, 3.63) is 59.4 Å². The lowest BCUT2D eigenvalue weighted by Crippen LogP contribution is -2.43. The third-order valence-electron chi connectivity index (χ3n) is 4.74. The number of rotatable bonds is 5. The fourth-order valence-electron chi connectivity index (χ4n) is 3.30. The number of aryl methyl sites for hydroxylation is 2. The summed E-state index contributed by atoms with van der Waals surface area (Å²) in [5.41, 5.74) is 4.34. The molecule has 1 saturated heterocycles. The molecule has 1 fully saturated rings. The molecule has 1 aromatic carbocycles. The van der Waals surface area contributed by atoms with Gasteiger partial charge in [-0.1, -0.05) is 25.1 Å². The van der Waals surface area contributed by atoms with Crippen LogP contribution in [-0.4, -0.2) is 30.3 Å². The zero-order chi connectivity index (χ0) is 17.6. The van der Waals surface area contributed by atoms with Gasteiger partial charge in [0.25, 0.3) is 0 Å². The molecular weight excluding hydrogens is 314 g/mol. The number of nitrogens with zero attached hydrogens (tertiary/aromatic N) is 1. The van der Waals surface area contributed by atoms with E-state index in [0.29, 0.717) is 13.2 Å². The van der Waals surface area contributed by atoms with Gasteiger partial charge >= 0.3 is 6.03 Å². The molecule has 3 rings (SSSR count). The molecule has 5 heteroatoms. The van der Waals surface area contributed by atoms with Crippen molar-refractivity contribution in [2.45, 2.75) is 32.7 Å². The number of para-hydroxylation sites is 1. The first-order valence-electron chi connectivity index (χ1n) is 8.80. The Kier molecular flexibility index (Phi) is 5.66. The topological polar surface area (TPSA) is 63.2 Å². The maximum absolute atomic E-state index is 12.5. The number of hydrogen-bond acceptors (Lipinski definition) is 3. The summed E-state index contributed by atoms with van der Waals surface area (Å²) in [5, 5.41) is 6.11. The minimum absolute atomic E-state index is 0.0160. The van der Waals surface area contributed by atoms with E-state index in [2.05, 4.69) is 22.5 Å². The van der Waals surface area contributed by atoms with Crippen LogP contribution >= 0.6 is 0 Å². The molecule has 2 atom stereocenters. The molecule has 25 heavy (non-hydrogen) atoms. The Morgan fingerprint density at radius 2 is 2.04 bits per heavy atom. The lowest BCUT2D eigenvalue weighted by atomic mass is 9.95. The SMILES string of the molecule is CCc1cccc(C)c1NC(=O)N[C@@H]1COC[C@H]1Cc1ccncc1. The second-order valence-electron chi connectivity index (χ2n) is 6.52. The summed E-state index contributed by atoms with van der Waals surface area (Å²) >= 11 is 0. The van der Waals surface area contributed by atoms with Crippen molar-refractivity contribution >= 4 is 11.7 Å². The largest absolute Gasteiger partial charge is 0.379 e. The third kappa shape index (κ3) is 4.37. The number of carbonyl (C=O) groups is 1. The highest BCUT2D eigenvalue weighted by Gasteiger charge is 2.29. The van der Waals surface area contributed by atoms with E-state index in [1.165, 1.54) is 5.56 Å². The molecule has 1 aliphatic heterocycles. The molecule has 2 N–H and O–H groups in total. The van der Waals surface area contributed by atoms with Crippen molar-refractivity contribution < 1.29 is 9.53 Å². The van der Waals surface area contributed by atoms with Crippen molar-refractivity contribution in [3.63, 3.8) is 0 Å². The smallest absolute Gasteiger partial charge is 0.319 e. The highest BCUT2D eigenvalue weighted by molar-refractivity contribution is 5.91. The van der Waals surface area contributed by atoms with Crippen LogP contribution in [0.2, 0.25) is 0 Å². The molecule has 0 unspecified atom stereocenters. The summed E-state index contributed by atoms with van der Waals surface area (Å²) in [5.74, 6) is 0.274. The van der Waals surface area contributed by atoms with Gasteiger partial charge in [0.2, 0.25) is 0 Å². The molecule has 1 aliphatic rings. The molecule has 1 aromatic heterocycles. The first-order chi connectivity index (χ1) is 12.2. The number of anilines is 1. The van der Waals surface area contributed by atoms with Crippen molar-refractivity contribution in [1.82, 2.24) is 10.3 Å². The average Bonchev–Trinajstić information content (AvgIpc) is 3.04. The van der Waals surface area contributed by atoms with E-state index in [9.17, 15) is 4.79 Å². The highest BCUT2D eigenvalue weighted by Crippen LogP contribution is 2.22. The molecule has 5 nitrogen and oxygen atoms in total. The number of ether oxygens (including phenoxy) is 1. The number of carbonyl (C=O) groups excluding carboxylic acids is 1. The number of nitrogens with one attached hydrogen (secondary N) is 2. The number of hydrogen-bond donors (Lipinski definition) is 2. The quantitative estimate of drug-likeness (QED) is 0.878. The predicted octanol–water partition coefficient (Wildman–Crippen LogP) is 3.33. The molecule has 0 radical (unpaired) electrons. The van der Waals surface area contributed by atoms with Crippen molar-refractivity contribution in [1.29, 1.82) is 0 Å². The van der Waals surface area contributed by atoms with Gasteiger partial charge in [-0.2, -0.15) is 0 Å². The number of amides is 2. The van der Waals surface area contributed by atoms with E-state index < -0.39 is 0 Å². The summed E-state index contributed by atoms with van der Waals surface area (Å²) in [6.45, 7) is 5.32. The van der Waals surface area contributed by atoms with Crippen molar-refractivity contribution in [3.8, 4) is 0 Å². The first kappa shape index (κ1) is 17.4. The summed E-state index contributed by atoms with van der Waals surface area (Å²) in [6, 6.07) is 9.95. The predicted molar refractivity (Wildman–Crippen MR) is 98.7 cm³/mol. The Bertz CT molecular complexity index is 718. The molecular formula is C20H25N3O2. The minimum atomic E-state index is -0.167. The van der Waals surface area contributed by atoms with E-state index >= 15 is 0 Å². The summed E-state index contributed by atoms with van der Waals surface area (Å²) in [7, 11) is 0. The van der Waals surface area contributed by atoms with Crippen LogP contribution in [-0.2, 0) is 17.6 Å². The van der Waals surface area contributed by atoms with Gasteiger partial charge in [-0.3, -0.25) is 4.98 Å². The van der Waals surface area contributed by atoms with E-state index in [0.717, 1.165) is 29.7 Å². The summed E-state index contributed by atoms with van der Waals surface area (Å²) in [6.07, 6.45) is 5.35. The van der Waals surface area contributed by atoms with Gasteiger partial charge in [0.15, 0.2) is 0 Å². The Morgan fingerprint density at radius 3 is 2.80 bits per heavy atom. The Morgan fingerprint density at radius 1 is 1.24 bits per heavy atom. The van der Waals surface area contributed by atoms with Gasteiger partial charge in [0, 0.05) is 24.0 Å². The van der Waals surface area contributed by atoms with Gasteiger partial charge in [-0.05, 0) is 48.6 Å². The lowest BCUT2D eigenvalue weighted by Gasteiger charge is -2.20. The van der Waals surface area contributed by atoms with Crippen LogP contribution in [0.25, 0.3) is 0 Å². The van der Waals surface area contributed by atoms with Crippen LogP contribution in [0.3, 0.4) is 0 Å². The average molecular weight is 339 g/mol. The first-order valence-corrected chi connectivity index (χ1v) is 8.80. The van der Waals surface area contributed by atoms with Crippen LogP contribution in [0.1, 0.15) is 23.6 Å². The molecule has 2 aromatic rings. The molecule has 2 amide bonds. The molecule has 2 heterocycles. The number of pyridine rings is 1. The zero-order valence-corrected chi connectivity index (χ0v) is 14.8. The fraction of sp³-hybridized carbons (Fsp3) is 0.400. The Labute approximate surface area is 148 Å². The number of urea groups is 1. The van der Waals surface area contributed by atoms with Gasteiger partial charge in [-0.15, -0.1) is 0 Å². The maximum Gasteiger partial charge on any atom is 0.319 e. The maximum atomic E-state index is 12.5. The fourth-order valence-corrected chi connectivity index (χ4v) is 3.30. The van der Waals surface area contributed by atoms with Gasteiger partial charge in [-0.25, -0.2) is 4.79 Å². The van der Waals surface area contributed by atoms with Crippen molar-refractivity contribution in [2.75, 3.05) is 18.5 Å². The lowest BCUT2D eigenvalue weighted by molar-refractivity contribution is 0.182. The van der Waals surface area contributed by atoms with Crippen LogP contribution < -0.4 is 10.6 Å². The van der Waals surface area contributed by atoms with Crippen molar-refractivity contribution in [2.24, 2.45) is 5.92 Å². The van der Waals surface area contributed by atoms with Gasteiger partial charge in [0.1, 0.15) is 0 Å². The van der Waals surface area contributed by atoms with E-state index in [-0.39, 0.29) is 18.0 Å². The number of benzene rings is 1. The van der Waals surface area contributed by atoms with Crippen LogP contribution in [0.5, 0.6) is 0 Å². The van der Waals surface area contributed by atoms with Crippen LogP contribution in [0, 0.1) is 12.8 Å². The van der Waals surface area contributed by atoms with Gasteiger partial charge < -0.3 is 15.4 Å². The van der Waals surface area contributed by atoms with Gasteiger partial charge in [0.05, 0.1) is 19.3 Å². The second-order valence-corrected chi connectivity index (χ2v) is 6.52. The van der Waals surface area contributed by atoms with E-state index in [1.54, 1.807) is 12.4 Å². The second kappa shape index (κ2) is 8.12. The standard InChI is InChI=1S/C20H25N3O2/c1-3-16-6-4-5-14(2)19(16)23-20(24)22-18-13-25-12-17(18)11-15-7-9-21-10-8-15/h4-10,17-18H,3,11-13H2,1-2H3,(H2,22,23,24)/t17-,18-/m1/s1.